The summed E-state index contributed by atoms with van der Waals surface area (Å²) in [4.78, 5) is 30.5. The Morgan fingerprint density at radius 1 is 1.00 bits per heavy atom. The summed E-state index contributed by atoms with van der Waals surface area (Å²) in [5.41, 5.74) is 4.22. The van der Waals surface area contributed by atoms with E-state index in [1.54, 1.807) is 24.9 Å². The first-order chi connectivity index (χ1) is 14.3. The fourth-order valence-corrected chi connectivity index (χ4v) is 5.68. The van der Waals surface area contributed by atoms with E-state index < -0.39 is 0 Å². The minimum absolute atomic E-state index is 0.660. The molecule has 4 aromatic heterocycles. The van der Waals surface area contributed by atoms with Gasteiger partial charge in [0.25, 0.3) is 0 Å². The van der Waals surface area contributed by atoms with Crippen LogP contribution >= 0.6 is 0 Å². The highest BCUT2D eigenvalue weighted by molar-refractivity contribution is 5.91. The molecule has 4 heterocycles. The van der Waals surface area contributed by atoms with Crippen molar-refractivity contribution in [2.24, 2.45) is 23.7 Å². The predicted molar refractivity (Wildman–Crippen MR) is 110 cm³/mol. The van der Waals surface area contributed by atoms with Crippen LogP contribution in [0.2, 0.25) is 0 Å². The molecule has 0 spiro atoms. The highest BCUT2D eigenvalue weighted by Crippen LogP contribution is 2.49. The Labute approximate surface area is 168 Å². The van der Waals surface area contributed by atoms with Gasteiger partial charge in [-0.25, -0.2) is 29.9 Å². The van der Waals surface area contributed by atoms with Gasteiger partial charge in [0.15, 0.2) is 11.5 Å². The van der Waals surface area contributed by atoms with Crippen molar-refractivity contribution in [2.75, 3.05) is 0 Å². The second-order valence-electron chi connectivity index (χ2n) is 8.61. The molecule has 0 aliphatic heterocycles. The van der Waals surface area contributed by atoms with Crippen LogP contribution in [0.3, 0.4) is 0 Å². The van der Waals surface area contributed by atoms with Crippen LogP contribution in [0.25, 0.3) is 33.6 Å². The molecule has 4 aromatic rings. The zero-order valence-corrected chi connectivity index (χ0v) is 16.4. The van der Waals surface area contributed by atoms with Gasteiger partial charge < -0.3 is 4.98 Å². The van der Waals surface area contributed by atoms with Gasteiger partial charge in [0.2, 0.25) is 0 Å². The molecule has 2 unspecified atom stereocenters. The lowest BCUT2D eigenvalue weighted by atomic mass is 9.58. The smallest absolute Gasteiger partial charge is 0.182 e. The third kappa shape index (κ3) is 2.71. The Morgan fingerprint density at radius 3 is 2.69 bits per heavy atom. The Kier molecular flexibility index (Phi) is 3.82. The molecule has 146 valence electrons. The van der Waals surface area contributed by atoms with Crippen molar-refractivity contribution in [2.45, 2.75) is 39.0 Å². The number of fused-ring (bicyclic) bond motifs is 5. The lowest BCUT2D eigenvalue weighted by molar-refractivity contribution is 0.0340. The van der Waals surface area contributed by atoms with E-state index in [2.05, 4.69) is 31.8 Å². The summed E-state index contributed by atoms with van der Waals surface area (Å²) in [7, 11) is 0. The molecule has 3 aliphatic carbocycles. The van der Waals surface area contributed by atoms with E-state index in [1.165, 1.54) is 25.7 Å². The largest absolute Gasteiger partial charge is 0.345 e. The summed E-state index contributed by atoms with van der Waals surface area (Å²) >= 11 is 0. The monoisotopic (exact) mass is 385 g/mol. The number of aromatic amines is 1. The number of nitrogens with one attached hydrogen (secondary N) is 1. The first kappa shape index (κ1) is 16.9. The summed E-state index contributed by atoms with van der Waals surface area (Å²) in [6, 6.07) is 0. The van der Waals surface area contributed by atoms with E-state index in [4.69, 9.17) is 9.97 Å². The van der Waals surface area contributed by atoms with Gasteiger partial charge in [-0.05, 0) is 55.8 Å². The minimum atomic E-state index is 0.660. The molecular formula is C22H23N7. The fraction of sp³-hybridized carbons (Fsp3) is 0.455. The van der Waals surface area contributed by atoms with Crippen LogP contribution in [0.4, 0.5) is 0 Å². The molecule has 0 radical (unpaired) electrons. The van der Waals surface area contributed by atoms with Gasteiger partial charge in [-0.1, -0.05) is 6.92 Å². The highest BCUT2D eigenvalue weighted by atomic mass is 15.0. The van der Waals surface area contributed by atoms with E-state index in [-0.39, 0.29) is 0 Å². The molecule has 3 saturated carbocycles. The highest BCUT2D eigenvalue weighted by Gasteiger charge is 2.41. The van der Waals surface area contributed by atoms with E-state index in [9.17, 15) is 0 Å². The van der Waals surface area contributed by atoms with E-state index in [0.717, 1.165) is 52.0 Å². The molecule has 2 bridgehead atoms. The van der Waals surface area contributed by atoms with Crippen LogP contribution in [0.1, 0.15) is 38.3 Å². The van der Waals surface area contributed by atoms with Gasteiger partial charge in [-0.15, -0.1) is 0 Å². The quantitative estimate of drug-likeness (QED) is 0.573. The zero-order chi connectivity index (χ0) is 19.4. The van der Waals surface area contributed by atoms with E-state index >= 15 is 0 Å². The van der Waals surface area contributed by atoms with Gasteiger partial charge in [0, 0.05) is 35.7 Å². The number of H-pyrrole nitrogens is 1. The summed E-state index contributed by atoms with van der Waals surface area (Å²) < 4.78 is 0. The molecule has 29 heavy (non-hydrogen) atoms. The van der Waals surface area contributed by atoms with E-state index in [1.807, 2.05) is 6.20 Å². The van der Waals surface area contributed by atoms with Crippen LogP contribution in [-0.2, 0) is 6.42 Å². The standard InChI is InChI=1S/C22H23N7/c1-12-13-2-4-14(5-3-13)15(12)8-18-19-22(25-7-6-24-19)29-21(28-18)17-10-26-20-16(17)9-23-11-27-20/h6-7,9-15H,2-5,8H2,1H3,(H,23,26,27). The predicted octanol–water partition coefficient (Wildman–Crippen LogP) is 3.97. The molecule has 2 atom stereocenters. The van der Waals surface area contributed by atoms with Crippen molar-refractivity contribution in [1.29, 1.82) is 0 Å². The summed E-state index contributed by atoms with van der Waals surface area (Å²) in [6.45, 7) is 2.44. The normalized spacial score (nSPS) is 26.4. The average molecular weight is 385 g/mol. The molecule has 3 aliphatic rings. The lowest BCUT2D eigenvalue weighted by Gasteiger charge is -2.47. The Morgan fingerprint density at radius 2 is 1.83 bits per heavy atom. The van der Waals surface area contributed by atoms with Gasteiger partial charge in [-0.3, -0.25) is 0 Å². The SMILES string of the molecule is CC1C2CCC(CC2)C1Cc1nc(-c2c[nH]c3ncncc23)nc2nccnc12. The third-order valence-corrected chi connectivity index (χ3v) is 7.27. The lowest BCUT2D eigenvalue weighted by Crippen LogP contribution is -2.39. The van der Waals surface area contributed by atoms with Crippen LogP contribution < -0.4 is 0 Å². The first-order valence-corrected chi connectivity index (χ1v) is 10.5. The topological polar surface area (TPSA) is 93.1 Å². The summed E-state index contributed by atoms with van der Waals surface area (Å²) in [5, 5.41) is 0.923. The Bertz CT molecular complexity index is 1190. The molecule has 7 heteroatoms. The maximum atomic E-state index is 5.02. The van der Waals surface area contributed by atoms with Gasteiger partial charge in [0.1, 0.15) is 17.5 Å². The molecular weight excluding hydrogens is 362 g/mol. The van der Waals surface area contributed by atoms with Crippen LogP contribution in [-0.4, -0.2) is 34.9 Å². The first-order valence-electron chi connectivity index (χ1n) is 10.5. The number of aromatic nitrogens is 7. The van der Waals surface area contributed by atoms with Crippen molar-refractivity contribution in [1.82, 2.24) is 34.9 Å². The summed E-state index contributed by atoms with van der Waals surface area (Å²) in [5.74, 6) is 3.76. The average Bonchev–Trinajstić information content (AvgIpc) is 3.20. The van der Waals surface area contributed by atoms with Crippen molar-refractivity contribution in [3.63, 3.8) is 0 Å². The fourth-order valence-electron chi connectivity index (χ4n) is 5.68. The van der Waals surface area contributed by atoms with Crippen LogP contribution in [0.15, 0.2) is 31.1 Å². The molecule has 7 nitrogen and oxygen atoms in total. The van der Waals surface area contributed by atoms with Gasteiger partial charge >= 0.3 is 0 Å². The molecule has 3 fully saturated rings. The second kappa shape index (κ2) is 6.54. The third-order valence-electron chi connectivity index (χ3n) is 7.27. The molecule has 7 rings (SSSR count). The number of hydrogen-bond acceptors (Lipinski definition) is 6. The zero-order valence-electron chi connectivity index (χ0n) is 16.4. The summed E-state index contributed by atoms with van der Waals surface area (Å²) in [6.07, 6.45) is 15.2. The molecule has 0 saturated heterocycles. The van der Waals surface area contributed by atoms with Crippen molar-refractivity contribution in [3.05, 3.63) is 36.8 Å². The van der Waals surface area contributed by atoms with Crippen LogP contribution in [0.5, 0.6) is 0 Å². The maximum Gasteiger partial charge on any atom is 0.182 e. The Hall–Kier alpha value is -2.96. The Balaban J connectivity index is 1.47. The van der Waals surface area contributed by atoms with Gasteiger partial charge in [-0.2, -0.15) is 0 Å². The van der Waals surface area contributed by atoms with Crippen molar-refractivity contribution in [3.8, 4) is 11.4 Å². The van der Waals surface area contributed by atoms with Crippen molar-refractivity contribution >= 4 is 22.2 Å². The molecule has 0 aromatic carbocycles. The number of rotatable bonds is 3. The molecule has 1 N–H and O–H groups in total. The van der Waals surface area contributed by atoms with Crippen LogP contribution in [0, 0.1) is 23.7 Å². The van der Waals surface area contributed by atoms with E-state index in [0.29, 0.717) is 17.4 Å². The maximum absolute atomic E-state index is 5.02. The number of hydrogen-bond donors (Lipinski definition) is 1. The minimum Gasteiger partial charge on any atom is -0.345 e. The van der Waals surface area contributed by atoms with Gasteiger partial charge in [0.05, 0.1) is 5.69 Å². The second-order valence-corrected chi connectivity index (χ2v) is 8.61. The molecule has 0 amide bonds. The van der Waals surface area contributed by atoms with Crippen molar-refractivity contribution < 1.29 is 0 Å². The number of nitrogens with zero attached hydrogens (tertiary/aromatic N) is 6.